The standard InChI is InChI=1S/C18H36N2O4/c1-13(2)6-5-8-19-18(24)12-16(22)11-15(21)7-9-20-17(23)10-14(3)4/h13-16,21-22H,5-12H2,1-4H3,(H,19,24)(H,20,23)/t15-,16-/m1/s1. The Kier molecular flexibility index (Phi) is 12.6. The Bertz CT molecular complexity index is 359. The Labute approximate surface area is 146 Å². The predicted molar refractivity (Wildman–Crippen MR) is 95.4 cm³/mol. The van der Waals surface area contributed by atoms with Crippen LogP contribution in [0.1, 0.15) is 66.2 Å². The van der Waals surface area contributed by atoms with Crippen LogP contribution in [-0.2, 0) is 9.59 Å². The summed E-state index contributed by atoms with van der Waals surface area (Å²) >= 11 is 0. The highest BCUT2D eigenvalue weighted by Gasteiger charge is 2.16. The Morgan fingerprint density at radius 1 is 0.792 bits per heavy atom. The van der Waals surface area contributed by atoms with Gasteiger partial charge in [0.1, 0.15) is 0 Å². The molecule has 0 heterocycles. The number of aliphatic hydroxyl groups is 2. The van der Waals surface area contributed by atoms with Crippen LogP contribution in [-0.4, -0.2) is 47.3 Å². The number of nitrogens with one attached hydrogen (secondary N) is 2. The highest BCUT2D eigenvalue weighted by Crippen LogP contribution is 2.06. The lowest BCUT2D eigenvalue weighted by Crippen LogP contribution is -2.32. The Balaban J connectivity index is 3.75. The lowest BCUT2D eigenvalue weighted by molar-refractivity contribution is -0.123. The van der Waals surface area contributed by atoms with Crippen molar-refractivity contribution >= 4 is 11.8 Å². The molecule has 2 amide bonds. The molecule has 0 rings (SSSR count). The van der Waals surface area contributed by atoms with E-state index >= 15 is 0 Å². The molecule has 0 aliphatic carbocycles. The van der Waals surface area contributed by atoms with E-state index in [1.54, 1.807) is 0 Å². The van der Waals surface area contributed by atoms with Crippen LogP contribution >= 0.6 is 0 Å². The fourth-order valence-corrected chi connectivity index (χ4v) is 2.36. The van der Waals surface area contributed by atoms with Crippen LogP contribution in [0.5, 0.6) is 0 Å². The molecule has 0 unspecified atom stereocenters. The van der Waals surface area contributed by atoms with Crippen molar-refractivity contribution < 1.29 is 19.8 Å². The zero-order valence-corrected chi connectivity index (χ0v) is 15.7. The molecule has 0 aromatic rings. The van der Waals surface area contributed by atoms with E-state index in [4.69, 9.17) is 0 Å². The van der Waals surface area contributed by atoms with Crippen molar-refractivity contribution in [2.75, 3.05) is 13.1 Å². The number of carbonyl (C=O) groups excluding carboxylic acids is 2. The summed E-state index contributed by atoms with van der Waals surface area (Å²) in [7, 11) is 0. The molecule has 0 bridgehead atoms. The molecule has 0 saturated carbocycles. The van der Waals surface area contributed by atoms with Gasteiger partial charge in [0, 0.05) is 19.5 Å². The van der Waals surface area contributed by atoms with E-state index in [-0.39, 0.29) is 24.7 Å². The molecule has 0 aliphatic heterocycles. The minimum Gasteiger partial charge on any atom is -0.393 e. The normalized spacial score (nSPS) is 13.8. The van der Waals surface area contributed by atoms with Crippen molar-refractivity contribution in [1.29, 1.82) is 0 Å². The second-order valence-electron chi connectivity index (χ2n) is 7.37. The predicted octanol–water partition coefficient (Wildman–Crippen LogP) is 1.59. The highest BCUT2D eigenvalue weighted by atomic mass is 16.3. The third-order valence-electron chi connectivity index (χ3n) is 3.64. The summed E-state index contributed by atoms with van der Waals surface area (Å²) in [6.45, 7) is 9.21. The van der Waals surface area contributed by atoms with Gasteiger partial charge in [-0.25, -0.2) is 0 Å². The number of carbonyl (C=O) groups is 2. The molecular formula is C18H36N2O4. The average molecular weight is 344 g/mol. The van der Waals surface area contributed by atoms with Gasteiger partial charge in [-0.2, -0.15) is 0 Å². The zero-order valence-electron chi connectivity index (χ0n) is 15.7. The van der Waals surface area contributed by atoms with Gasteiger partial charge in [0.15, 0.2) is 0 Å². The summed E-state index contributed by atoms with van der Waals surface area (Å²) in [4.78, 5) is 23.2. The van der Waals surface area contributed by atoms with Crippen LogP contribution in [0.3, 0.4) is 0 Å². The van der Waals surface area contributed by atoms with Crippen molar-refractivity contribution in [3.8, 4) is 0 Å². The van der Waals surface area contributed by atoms with Crippen molar-refractivity contribution in [3.63, 3.8) is 0 Å². The topological polar surface area (TPSA) is 98.7 Å². The maximum atomic E-state index is 11.7. The summed E-state index contributed by atoms with van der Waals surface area (Å²) in [5.41, 5.74) is 0. The molecule has 0 aromatic heterocycles. The molecular weight excluding hydrogens is 308 g/mol. The second-order valence-corrected chi connectivity index (χ2v) is 7.37. The summed E-state index contributed by atoms with van der Waals surface area (Å²) in [5, 5.41) is 25.2. The fourth-order valence-electron chi connectivity index (χ4n) is 2.36. The summed E-state index contributed by atoms with van der Waals surface area (Å²) in [6, 6.07) is 0. The number of rotatable bonds is 13. The SMILES string of the molecule is CC(C)CCCNC(=O)C[C@H](O)C[C@H](O)CCNC(=O)CC(C)C. The first-order chi connectivity index (χ1) is 11.2. The first-order valence-corrected chi connectivity index (χ1v) is 9.10. The van der Waals surface area contributed by atoms with Crippen LogP contribution in [0.25, 0.3) is 0 Å². The van der Waals surface area contributed by atoms with E-state index in [1.807, 2.05) is 13.8 Å². The van der Waals surface area contributed by atoms with Crippen molar-refractivity contribution in [3.05, 3.63) is 0 Å². The van der Waals surface area contributed by atoms with Gasteiger partial charge in [0.2, 0.25) is 11.8 Å². The molecule has 0 fully saturated rings. The van der Waals surface area contributed by atoms with Crippen LogP contribution in [0.2, 0.25) is 0 Å². The monoisotopic (exact) mass is 344 g/mol. The third-order valence-corrected chi connectivity index (χ3v) is 3.64. The van der Waals surface area contributed by atoms with E-state index in [2.05, 4.69) is 24.5 Å². The van der Waals surface area contributed by atoms with Gasteiger partial charge < -0.3 is 20.8 Å². The van der Waals surface area contributed by atoms with Gasteiger partial charge >= 0.3 is 0 Å². The Morgan fingerprint density at radius 2 is 1.38 bits per heavy atom. The van der Waals surface area contributed by atoms with E-state index in [0.717, 1.165) is 12.8 Å². The highest BCUT2D eigenvalue weighted by molar-refractivity contribution is 5.76. The van der Waals surface area contributed by atoms with Gasteiger partial charge in [-0.15, -0.1) is 0 Å². The number of aliphatic hydroxyl groups excluding tert-OH is 2. The number of amides is 2. The quantitative estimate of drug-likeness (QED) is 0.381. The van der Waals surface area contributed by atoms with Gasteiger partial charge in [-0.05, 0) is 37.5 Å². The molecule has 0 aromatic carbocycles. The lowest BCUT2D eigenvalue weighted by atomic mass is 10.1. The van der Waals surface area contributed by atoms with E-state index in [1.165, 1.54) is 0 Å². The van der Waals surface area contributed by atoms with Crippen molar-refractivity contribution in [2.45, 2.75) is 78.4 Å². The molecule has 0 saturated heterocycles. The summed E-state index contributed by atoms with van der Waals surface area (Å²) in [5.74, 6) is 0.696. The van der Waals surface area contributed by atoms with Crippen LogP contribution in [0.4, 0.5) is 0 Å². The second kappa shape index (κ2) is 13.2. The molecule has 6 heteroatoms. The smallest absolute Gasteiger partial charge is 0.222 e. The van der Waals surface area contributed by atoms with E-state index < -0.39 is 12.2 Å². The molecule has 0 radical (unpaired) electrons. The average Bonchev–Trinajstić information content (AvgIpc) is 2.42. The molecule has 0 aliphatic rings. The van der Waals surface area contributed by atoms with E-state index in [0.29, 0.717) is 37.8 Å². The number of hydrogen-bond acceptors (Lipinski definition) is 4. The van der Waals surface area contributed by atoms with Gasteiger partial charge in [-0.1, -0.05) is 27.7 Å². The molecule has 142 valence electrons. The Hall–Kier alpha value is -1.14. The third kappa shape index (κ3) is 14.5. The Morgan fingerprint density at radius 3 is 1.96 bits per heavy atom. The summed E-state index contributed by atoms with van der Waals surface area (Å²) in [6.07, 6.45) is 1.37. The minimum atomic E-state index is -0.864. The minimum absolute atomic E-state index is 0.00154. The van der Waals surface area contributed by atoms with Crippen molar-refractivity contribution in [2.24, 2.45) is 11.8 Å². The zero-order chi connectivity index (χ0) is 18.5. The van der Waals surface area contributed by atoms with Gasteiger partial charge in [0.25, 0.3) is 0 Å². The van der Waals surface area contributed by atoms with E-state index in [9.17, 15) is 19.8 Å². The lowest BCUT2D eigenvalue weighted by Gasteiger charge is -2.16. The molecule has 4 N–H and O–H groups in total. The van der Waals surface area contributed by atoms with Crippen LogP contribution in [0, 0.1) is 11.8 Å². The first-order valence-electron chi connectivity index (χ1n) is 9.10. The molecule has 24 heavy (non-hydrogen) atoms. The van der Waals surface area contributed by atoms with Crippen molar-refractivity contribution in [1.82, 2.24) is 10.6 Å². The maximum Gasteiger partial charge on any atom is 0.222 e. The van der Waals surface area contributed by atoms with Crippen LogP contribution in [0.15, 0.2) is 0 Å². The fraction of sp³-hybridized carbons (Fsp3) is 0.889. The van der Waals surface area contributed by atoms with Gasteiger partial charge in [0.05, 0.1) is 18.6 Å². The number of hydrogen-bond donors (Lipinski definition) is 4. The van der Waals surface area contributed by atoms with Gasteiger partial charge in [-0.3, -0.25) is 9.59 Å². The largest absolute Gasteiger partial charge is 0.393 e. The molecule has 0 spiro atoms. The molecule has 2 atom stereocenters. The first kappa shape index (κ1) is 22.9. The summed E-state index contributed by atoms with van der Waals surface area (Å²) < 4.78 is 0. The maximum absolute atomic E-state index is 11.7. The molecule has 6 nitrogen and oxygen atoms in total. The van der Waals surface area contributed by atoms with Crippen LogP contribution < -0.4 is 10.6 Å².